The van der Waals surface area contributed by atoms with Gasteiger partial charge in [0.1, 0.15) is 11.6 Å². The lowest BCUT2D eigenvalue weighted by molar-refractivity contribution is -0.138. The second-order valence-corrected chi connectivity index (χ2v) is 7.98. The number of carbonyl (C=O) groups is 2. The van der Waals surface area contributed by atoms with Gasteiger partial charge in [0.05, 0.1) is 12.3 Å². The molecule has 3 atom stereocenters. The van der Waals surface area contributed by atoms with E-state index >= 15 is 0 Å². The molecule has 2 N–H and O–H groups in total. The Morgan fingerprint density at radius 2 is 2.11 bits per heavy atom. The number of fused-ring (bicyclic) bond motifs is 1. The Balaban J connectivity index is 1.49. The minimum absolute atomic E-state index is 0.0364. The average molecular weight is 369 g/mol. The topological polar surface area (TPSA) is 84.5 Å². The Morgan fingerprint density at radius 1 is 1.33 bits per heavy atom. The van der Waals surface area contributed by atoms with Gasteiger partial charge in [-0.1, -0.05) is 32.0 Å². The summed E-state index contributed by atoms with van der Waals surface area (Å²) in [5.74, 6) is 0.0177. The van der Waals surface area contributed by atoms with Crippen LogP contribution < -0.4 is 10.6 Å². The van der Waals surface area contributed by atoms with Crippen LogP contribution in [0.15, 0.2) is 34.9 Å². The summed E-state index contributed by atoms with van der Waals surface area (Å²) < 4.78 is 5.66. The summed E-state index contributed by atoms with van der Waals surface area (Å²) in [7, 11) is 0. The number of nitrogens with zero attached hydrogens (tertiary/aromatic N) is 1. The third kappa shape index (κ3) is 3.72. The molecule has 1 aromatic carbocycles. The Labute approximate surface area is 159 Å². The zero-order valence-electron chi connectivity index (χ0n) is 15.9. The number of hydrogen-bond acceptors (Lipinski definition) is 4. The van der Waals surface area contributed by atoms with Crippen molar-refractivity contribution in [1.29, 1.82) is 0 Å². The van der Waals surface area contributed by atoms with Crippen molar-refractivity contribution >= 4 is 22.8 Å². The van der Waals surface area contributed by atoms with Crippen molar-refractivity contribution in [3.8, 4) is 0 Å². The van der Waals surface area contributed by atoms with Crippen molar-refractivity contribution in [1.82, 2.24) is 15.5 Å². The molecule has 2 aliphatic heterocycles. The van der Waals surface area contributed by atoms with Crippen LogP contribution in [0.1, 0.15) is 32.3 Å². The Hall–Kier alpha value is -2.34. The van der Waals surface area contributed by atoms with E-state index in [1.165, 1.54) is 0 Å². The molecule has 6 heteroatoms. The number of rotatable bonds is 6. The molecule has 2 fully saturated rings. The standard InChI is InChI=1S/C21H27N3O3/c1-13(2)19(23-20(25)17-11-22-17)21(26)24-9-5-6-15(24)10-14-12-27-18-8-4-3-7-16(14)18/h3-4,7-8,12-13,15,17,19,22H,5-6,9-11H2,1-2H3,(H,23,25)/t15-,17-,19-/m0/s1. The lowest BCUT2D eigenvalue weighted by Gasteiger charge is -2.31. The molecule has 2 amide bonds. The molecule has 4 rings (SSSR count). The summed E-state index contributed by atoms with van der Waals surface area (Å²) in [5.41, 5.74) is 2.02. The number of furan rings is 1. The maximum absolute atomic E-state index is 13.2. The lowest BCUT2D eigenvalue weighted by Crippen LogP contribution is -2.53. The van der Waals surface area contributed by atoms with E-state index in [2.05, 4.69) is 16.7 Å². The molecular weight excluding hydrogens is 342 g/mol. The highest BCUT2D eigenvalue weighted by atomic mass is 16.3. The number of benzene rings is 1. The largest absolute Gasteiger partial charge is 0.464 e. The number of carbonyl (C=O) groups excluding carboxylic acids is 2. The van der Waals surface area contributed by atoms with Gasteiger partial charge in [0, 0.05) is 30.1 Å². The van der Waals surface area contributed by atoms with Crippen molar-refractivity contribution in [2.75, 3.05) is 13.1 Å². The minimum atomic E-state index is -0.471. The molecule has 2 saturated heterocycles. The fraction of sp³-hybridized carbons (Fsp3) is 0.524. The normalized spacial score (nSPS) is 23.0. The summed E-state index contributed by atoms with van der Waals surface area (Å²) >= 11 is 0. The monoisotopic (exact) mass is 369 g/mol. The maximum Gasteiger partial charge on any atom is 0.245 e. The maximum atomic E-state index is 13.2. The highest BCUT2D eigenvalue weighted by molar-refractivity contribution is 5.91. The van der Waals surface area contributed by atoms with Gasteiger partial charge < -0.3 is 20.0 Å². The smallest absolute Gasteiger partial charge is 0.245 e. The van der Waals surface area contributed by atoms with Crippen LogP contribution in [0.2, 0.25) is 0 Å². The van der Waals surface area contributed by atoms with Gasteiger partial charge >= 0.3 is 0 Å². The molecule has 0 unspecified atom stereocenters. The third-order valence-corrected chi connectivity index (χ3v) is 5.63. The molecule has 144 valence electrons. The van der Waals surface area contributed by atoms with Crippen LogP contribution in [0.4, 0.5) is 0 Å². The zero-order chi connectivity index (χ0) is 19.0. The molecule has 3 heterocycles. The van der Waals surface area contributed by atoms with Gasteiger partial charge in [0.25, 0.3) is 0 Å². The first kappa shape index (κ1) is 18.0. The van der Waals surface area contributed by atoms with Crippen LogP contribution in [0, 0.1) is 5.92 Å². The van der Waals surface area contributed by atoms with E-state index in [-0.39, 0.29) is 29.8 Å². The van der Waals surface area contributed by atoms with Crippen molar-refractivity contribution in [2.45, 2.75) is 51.2 Å². The fourth-order valence-corrected chi connectivity index (χ4v) is 3.97. The van der Waals surface area contributed by atoms with E-state index in [1.807, 2.05) is 43.2 Å². The molecule has 27 heavy (non-hydrogen) atoms. The number of para-hydroxylation sites is 1. The van der Waals surface area contributed by atoms with Crippen LogP contribution in [0.25, 0.3) is 11.0 Å². The number of hydrogen-bond donors (Lipinski definition) is 2. The molecule has 0 aliphatic carbocycles. The van der Waals surface area contributed by atoms with Gasteiger partial charge in [-0.15, -0.1) is 0 Å². The Morgan fingerprint density at radius 3 is 2.85 bits per heavy atom. The summed E-state index contributed by atoms with van der Waals surface area (Å²) in [4.78, 5) is 27.4. The van der Waals surface area contributed by atoms with Crippen LogP contribution in [0.5, 0.6) is 0 Å². The first-order valence-electron chi connectivity index (χ1n) is 9.84. The van der Waals surface area contributed by atoms with Gasteiger partial charge in [-0.2, -0.15) is 0 Å². The van der Waals surface area contributed by atoms with Crippen LogP contribution >= 0.6 is 0 Å². The van der Waals surface area contributed by atoms with Crippen LogP contribution in [0.3, 0.4) is 0 Å². The molecule has 0 bridgehead atoms. The summed E-state index contributed by atoms with van der Waals surface area (Å²) in [6, 6.07) is 7.55. The summed E-state index contributed by atoms with van der Waals surface area (Å²) in [6.45, 7) is 5.42. The first-order chi connectivity index (χ1) is 13.0. The molecule has 0 spiro atoms. The third-order valence-electron chi connectivity index (χ3n) is 5.63. The van der Waals surface area contributed by atoms with Crippen molar-refractivity contribution in [3.05, 3.63) is 36.1 Å². The van der Waals surface area contributed by atoms with Crippen LogP contribution in [-0.2, 0) is 16.0 Å². The average Bonchev–Trinajstić information content (AvgIpc) is 3.29. The summed E-state index contributed by atoms with van der Waals surface area (Å²) in [6.07, 6.45) is 4.57. The first-order valence-corrected chi connectivity index (χ1v) is 9.84. The zero-order valence-corrected chi connectivity index (χ0v) is 15.9. The molecule has 1 aromatic heterocycles. The molecule has 0 radical (unpaired) electrons. The van der Waals surface area contributed by atoms with Crippen molar-refractivity contribution < 1.29 is 14.0 Å². The van der Waals surface area contributed by atoms with Gasteiger partial charge in [-0.05, 0) is 31.2 Å². The lowest BCUT2D eigenvalue weighted by atomic mass is 9.99. The number of amides is 2. The summed E-state index contributed by atoms with van der Waals surface area (Å²) in [5, 5.41) is 7.06. The molecule has 0 saturated carbocycles. The van der Waals surface area contributed by atoms with E-state index < -0.39 is 6.04 Å². The van der Waals surface area contributed by atoms with Gasteiger partial charge in [0.2, 0.25) is 11.8 Å². The van der Waals surface area contributed by atoms with Gasteiger partial charge in [-0.25, -0.2) is 0 Å². The molecule has 6 nitrogen and oxygen atoms in total. The molecule has 2 aliphatic rings. The second-order valence-electron chi connectivity index (χ2n) is 7.98. The SMILES string of the molecule is CC(C)[C@H](NC(=O)[C@@H]1CN1)C(=O)N1CCC[C@H]1Cc1coc2ccccc12. The number of nitrogens with one attached hydrogen (secondary N) is 2. The Kier molecular flexibility index (Phi) is 4.91. The quantitative estimate of drug-likeness (QED) is 0.764. The minimum Gasteiger partial charge on any atom is -0.464 e. The highest BCUT2D eigenvalue weighted by Gasteiger charge is 2.38. The highest BCUT2D eigenvalue weighted by Crippen LogP contribution is 2.28. The van der Waals surface area contributed by atoms with Crippen molar-refractivity contribution in [3.63, 3.8) is 0 Å². The van der Waals surface area contributed by atoms with Crippen LogP contribution in [-0.4, -0.2) is 47.9 Å². The Bertz CT molecular complexity index is 840. The predicted octanol–water partition coefficient (Wildman–Crippen LogP) is 2.08. The van der Waals surface area contributed by atoms with E-state index in [0.29, 0.717) is 6.54 Å². The van der Waals surface area contributed by atoms with E-state index in [1.54, 1.807) is 0 Å². The fourth-order valence-electron chi connectivity index (χ4n) is 3.97. The molecule has 2 aromatic rings. The molecular formula is C21H27N3O3. The van der Waals surface area contributed by atoms with E-state index in [4.69, 9.17) is 4.42 Å². The van der Waals surface area contributed by atoms with E-state index in [9.17, 15) is 9.59 Å². The second kappa shape index (κ2) is 7.35. The van der Waals surface area contributed by atoms with Crippen molar-refractivity contribution in [2.24, 2.45) is 5.92 Å². The van der Waals surface area contributed by atoms with Gasteiger partial charge in [-0.3, -0.25) is 9.59 Å². The van der Waals surface area contributed by atoms with E-state index in [0.717, 1.165) is 42.3 Å². The number of likely N-dealkylation sites (tertiary alicyclic amines) is 1. The van der Waals surface area contributed by atoms with Gasteiger partial charge in [0.15, 0.2) is 0 Å². The predicted molar refractivity (Wildman–Crippen MR) is 103 cm³/mol.